The van der Waals surface area contributed by atoms with Gasteiger partial charge in [0.25, 0.3) is 0 Å². The molecule has 2 N–H and O–H groups in total. The molecule has 2 aromatic heterocycles. The third kappa shape index (κ3) is 3.23. The molecule has 3 heterocycles. The molecule has 132 valence electrons. The summed E-state index contributed by atoms with van der Waals surface area (Å²) < 4.78 is 5.56. The number of methoxy groups -OCH3 is 1. The first-order valence-corrected chi connectivity index (χ1v) is 9.09. The SMILES string of the molecule is CCCCC1=N/C(=C/c2[nH]c(-c3cc4ccccc4[nH]3)cc2OC)C=C1. The minimum absolute atomic E-state index is 0.816. The van der Waals surface area contributed by atoms with E-state index in [9.17, 15) is 0 Å². The third-order valence-electron chi connectivity index (χ3n) is 4.65. The van der Waals surface area contributed by atoms with Crippen molar-refractivity contribution in [2.75, 3.05) is 7.11 Å². The molecule has 4 rings (SSSR count). The van der Waals surface area contributed by atoms with Crippen LogP contribution in [0.15, 0.2) is 59.2 Å². The number of unbranched alkanes of at least 4 members (excludes halogenated alkanes) is 1. The number of rotatable bonds is 6. The van der Waals surface area contributed by atoms with Gasteiger partial charge in [-0.25, -0.2) is 0 Å². The number of fused-ring (bicyclic) bond motifs is 1. The maximum absolute atomic E-state index is 5.56. The number of para-hydroxylation sites is 1. The highest BCUT2D eigenvalue weighted by Crippen LogP contribution is 2.31. The summed E-state index contributed by atoms with van der Waals surface area (Å²) in [7, 11) is 1.70. The van der Waals surface area contributed by atoms with E-state index in [0.29, 0.717) is 0 Å². The topological polar surface area (TPSA) is 53.2 Å². The van der Waals surface area contributed by atoms with Crippen LogP contribution in [0, 0.1) is 0 Å². The number of aromatic amines is 2. The lowest BCUT2D eigenvalue weighted by molar-refractivity contribution is 0.414. The number of allylic oxidation sites excluding steroid dienone is 2. The van der Waals surface area contributed by atoms with Crippen molar-refractivity contribution >= 4 is 22.7 Å². The summed E-state index contributed by atoms with van der Waals surface area (Å²) in [4.78, 5) is 11.6. The lowest BCUT2D eigenvalue weighted by atomic mass is 10.2. The van der Waals surface area contributed by atoms with Crippen molar-refractivity contribution in [2.45, 2.75) is 26.2 Å². The Balaban J connectivity index is 1.65. The smallest absolute Gasteiger partial charge is 0.144 e. The zero-order valence-electron chi connectivity index (χ0n) is 15.2. The van der Waals surface area contributed by atoms with Gasteiger partial charge < -0.3 is 14.7 Å². The molecule has 0 aliphatic carbocycles. The molecular weight excluding hydrogens is 322 g/mol. The monoisotopic (exact) mass is 345 g/mol. The predicted octanol–water partition coefficient (Wildman–Crippen LogP) is 5.71. The number of H-pyrrole nitrogens is 2. The van der Waals surface area contributed by atoms with E-state index in [2.05, 4.69) is 47.2 Å². The Bertz CT molecular complexity index is 984. The zero-order chi connectivity index (χ0) is 17.9. The van der Waals surface area contributed by atoms with Crippen LogP contribution in [0.5, 0.6) is 5.75 Å². The summed E-state index contributed by atoms with van der Waals surface area (Å²) in [6, 6.07) is 12.4. The molecule has 0 unspecified atom stereocenters. The second-order valence-electron chi connectivity index (χ2n) is 6.54. The molecular formula is C22H23N3O. The maximum Gasteiger partial charge on any atom is 0.144 e. The van der Waals surface area contributed by atoms with Gasteiger partial charge in [0.2, 0.25) is 0 Å². The molecule has 26 heavy (non-hydrogen) atoms. The Hall–Kier alpha value is -3.01. The number of aromatic nitrogens is 2. The van der Waals surface area contributed by atoms with Crippen LogP contribution in [0.1, 0.15) is 31.9 Å². The van der Waals surface area contributed by atoms with Crippen molar-refractivity contribution in [3.63, 3.8) is 0 Å². The Morgan fingerprint density at radius 1 is 1.08 bits per heavy atom. The van der Waals surface area contributed by atoms with Crippen molar-refractivity contribution in [1.29, 1.82) is 0 Å². The van der Waals surface area contributed by atoms with E-state index in [1.165, 1.54) is 18.2 Å². The molecule has 0 saturated carbocycles. The number of hydrogen-bond donors (Lipinski definition) is 2. The molecule has 0 fully saturated rings. The normalized spacial score (nSPS) is 15.2. The van der Waals surface area contributed by atoms with Crippen LogP contribution in [0.4, 0.5) is 0 Å². The lowest BCUT2D eigenvalue weighted by Gasteiger charge is -1.98. The van der Waals surface area contributed by atoms with Crippen molar-refractivity contribution in [1.82, 2.24) is 9.97 Å². The summed E-state index contributed by atoms with van der Waals surface area (Å²) in [6.45, 7) is 2.20. The molecule has 1 aliphatic heterocycles. The largest absolute Gasteiger partial charge is 0.494 e. The molecule has 0 spiro atoms. The highest BCUT2D eigenvalue weighted by Gasteiger charge is 2.12. The zero-order valence-corrected chi connectivity index (χ0v) is 15.2. The average Bonchev–Trinajstić information content (AvgIpc) is 3.37. The van der Waals surface area contributed by atoms with E-state index < -0.39 is 0 Å². The first-order chi connectivity index (χ1) is 12.8. The second-order valence-corrected chi connectivity index (χ2v) is 6.54. The molecule has 0 bridgehead atoms. The Kier molecular flexibility index (Phi) is 4.48. The highest BCUT2D eigenvalue weighted by molar-refractivity contribution is 5.99. The summed E-state index contributed by atoms with van der Waals surface area (Å²) in [5, 5.41) is 1.19. The van der Waals surface area contributed by atoms with Crippen LogP contribution in [0.3, 0.4) is 0 Å². The number of nitrogens with zero attached hydrogens (tertiary/aromatic N) is 1. The van der Waals surface area contributed by atoms with Gasteiger partial charge in [0, 0.05) is 22.7 Å². The van der Waals surface area contributed by atoms with Crippen LogP contribution < -0.4 is 4.74 Å². The van der Waals surface area contributed by atoms with Crippen LogP contribution in [-0.4, -0.2) is 22.8 Å². The molecule has 1 aromatic carbocycles. The fourth-order valence-electron chi connectivity index (χ4n) is 3.24. The summed E-state index contributed by atoms with van der Waals surface area (Å²) in [5.41, 5.74) is 6.21. The minimum Gasteiger partial charge on any atom is -0.494 e. The van der Waals surface area contributed by atoms with Gasteiger partial charge in [-0.05, 0) is 43.2 Å². The Labute approximate surface area is 153 Å². The molecule has 0 atom stereocenters. The van der Waals surface area contributed by atoms with E-state index in [4.69, 9.17) is 9.73 Å². The third-order valence-corrected chi connectivity index (χ3v) is 4.65. The second kappa shape index (κ2) is 7.08. The van der Waals surface area contributed by atoms with Gasteiger partial charge in [0.15, 0.2) is 0 Å². The molecule has 0 amide bonds. The standard InChI is InChI=1S/C22H23N3O/c1-3-4-8-16-10-11-17(23-16)13-21-22(26-2)14-20(25-21)19-12-15-7-5-6-9-18(15)24-19/h5-7,9-14,24-25H,3-4,8H2,1-2H3/b17-13+. The van der Waals surface area contributed by atoms with E-state index in [-0.39, 0.29) is 0 Å². The van der Waals surface area contributed by atoms with Gasteiger partial charge >= 0.3 is 0 Å². The molecule has 3 aromatic rings. The van der Waals surface area contributed by atoms with E-state index in [0.717, 1.165) is 46.2 Å². The van der Waals surface area contributed by atoms with Crippen LogP contribution in [0.2, 0.25) is 0 Å². The fraction of sp³-hybridized carbons (Fsp3) is 0.227. The number of benzene rings is 1. The quantitative estimate of drug-likeness (QED) is 0.590. The summed E-state index contributed by atoms with van der Waals surface area (Å²) in [5.74, 6) is 0.816. The van der Waals surface area contributed by atoms with Crippen molar-refractivity contribution in [3.8, 4) is 17.1 Å². The van der Waals surface area contributed by atoms with E-state index in [1.54, 1.807) is 7.11 Å². The minimum atomic E-state index is 0.816. The van der Waals surface area contributed by atoms with Gasteiger partial charge in [-0.1, -0.05) is 31.5 Å². The highest BCUT2D eigenvalue weighted by atomic mass is 16.5. The number of ether oxygens (including phenoxy) is 1. The molecule has 1 aliphatic rings. The van der Waals surface area contributed by atoms with E-state index >= 15 is 0 Å². The van der Waals surface area contributed by atoms with Gasteiger partial charge in [-0.2, -0.15) is 0 Å². The fourth-order valence-corrected chi connectivity index (χ4v) is 3.24. The van der Waals surface area contributed by atoms with Gasteiger partial charge in [0.1, 0.15) is 5.75 Å². The predicted molar refractivity (Wildman–Crippen MR) is 109 cm³/mol. The van der Waals surface area contributed by atoms with Gasteiger partial charge in [-0.3, -0.25) is 4.99 Å². The maximum atomic E-state index is 5.56. The van der Waals surface area contributed by atoms with Crippen molar-refractivity contribution < 1.29 is 4.74 Å². The van der Waals surface area contributed by atoms with Gasteiger partial charge in [0.05, 0.1) is 29.9 Å². The Morgan fingerprint density at radius 2 is 1.92 bits per heavy atom. The average molecular weight is 345 g/mol. The van der Waals surface area contributed by atoms with E-state index in [1.807, 2.05) is 24.3 Å². The Morgan fingerprint density at radius 3 is 2.73 bits per heavy atom. The first kappa shape index (κ1) is 16.5. The first-order valence-electron chi connectivity index (χ1n) is 9.09. The summed E-state index contributed by atoms with van der Waals surface area (Å²) >= 11 is 0. The number of hydrogen-bond acceptors (Lipinski definition) is 2. The molecule has 0 radical (unpaired) electrons. The molecule has 4 heteroatoms. The van der Waals surface area contributed by atoms with Crippen molar-refractivity contribution in [2.24, 2.45) is 4.99 Å². The van der Waals surface area contributed by atoms with Crippen LogP contribution in [-0.2, 0) is 0 Å². The summed E-state index contributed by atoms with van der Waals surface area (Å²) in [6.07, 6.45) is 9.60. The molecule has 4 nitrogen and oxygen atoms in total. The van der Waals surface area contributed by atoms with Gasteiger partial charge in [-0.15, -0.1) is 0 Å². The van der Waals surface area contributed by atoms with Crippen LogP contribution in [0.25, 0.3) is 28.4 Å². The molecule has 0 saturated heterocycles. The number of aliphatic imine (C=N–C) groups is 1. The van der Waals surface area contributed by atoms with Crippen molar-refractivity contribution in [3.05, 3.63) is 59.9 Å². The van der Waals surface area contributed by atoms with Crippen LogP contribution >= 0.6 is 0 Å². The number of nitrogens with one attached hydrogen (secondary N) is 2. The lowest BCUT2D eigenvalue weighted by Crippen LogP contribution is -1.89.